The molecule has 0 radical (unpaired) electrons. The van der Waals surface area contributed by atoms with Crippen LogP contribution in [0, 0.1) is 0 Å². The van der Waals surface area contributed by atoms with Crippen molar-refractivity contribution in [2.24, 2.45) is 0 Å². The van der Waals surface area contributed by atoms with Gasteiger partial charge in [0.1, 0.15) is 10.3 Å². The predicted molar refractivity (Wildman–Crippen MR) is 104 cm³/mol. The van der Waals surface area contributed by atoms with E-state index >= 15 is 0 Å². The molecule has 8 heteroatoms. The zero-order valence-electron chi connectivity index (χ0n) is 14.1. The number of hydrogen-bond acceptors (Lipinski definition) is 6. The second-order valence-corrected chi connectivity index (χ2v) is 8.20. The lowest BCUT2D eigenvalue weighted by Gasteiger charge is -2.12. The van der Waals surface area contributed by atoms with Crippen LogP contribution in [0.1, 0.15) is 29.0 Å². The van der Waals surface area contributed by atoms with Crippen molar-refractivity contribution in [3.05, 3.63) is 50.8 Å². The molecule has 26 heavy (non-hydrogen) atoms. The number of nitrogens with one attached hydrogen (secondary N) is 2. The summed E-state index contributed by atoms with van der Waals surface area (Å²) in [6.07, 6.45) is 5.74. The Labute approximate surface area is 158 Å². The van der Waals surface area contributed by atoms with E-state index in [4.69, 9.17) is 0 Å². The zero-order valence-corrected chi connectivity index (χ0v) is 15.7. The number of nitrogens with zero attached hydrogens (tertiary/aromatic N) is 2. The highest BCUT2D eigenvalue weighted by Gasteiger charge is 2.18. The number of aryl methyl sites for hydroxylation is 1. The van der Waals surface area contributed by atoms with Crippen LogP contribution in [0.5, 0.6) is 0 Å². The van der Waals surface area contributed by atoms with Crippen molar-refractivity contribution in [3.8, 4) is 0 Å². The lowest BCUT2D eigenvalue weighted by molar-refractivity contribution is -0.118. The highest BCUT2D eigenvalue weighted by atomic mass is 32.2. The summed E-state index contributed by atoms with van der Waals surface area (Å²) in [4.78, 5) is 38.3. The van der Waals surface area contributed by atoms with Gasteiger partial charge in [0.05, 0.1) is 18.0 Å². The Kier molecular flexibility index (Phi) is 5.03. The van der Waals surface area contributed by atoms with E-state index in [1.807, 2.05) is 18.2 Å². The van der Waals surface area contributed by atoms with Crippen LogP contribution in [0.3, 0.4) is 0 Å². The van der Waals surface area contributed by atoms with Gasteiger partial charge in [0.2, 0.25) is 11.3 Å². The van der Waals surface area contributed by atoms with Crippen LogP contribution in [0.2, 0.25) is 0 Å². The first-order valence-electron chi connectivity index (χ1n) is 8.54. The summed E-state index contributed by atoms with van der Waals surface area (Å²) in [6.45, 7) is 0.403. The Balaban J connectivity index is 1.42. The molecule has 4 rings (SSSR count). The maximum absolute atomic E-state index is 12.6. The number of rotatable bonds is 5. The molecule has 1 aliphatic rings. The Bertz CT molecular complexity index is 998. The van der Waals surface area contributed by atoms with Crippen LogP contribution >= 0.6 is 23.1 Å². The molecule has 0 saturated carbocycles. The van der Waals surface area contributed by atoms with Crippen molar-refractivity contribution in [1.82, 2.24) is 20.3 Å². The van der Waals surface area contributed by atoms with Crippen molar-refractivity contribution in [2.45, 2.75) is 37.4 Å². The number of hydrogen-bond donors (Lipinski definition) is 2. The number of aromatic nitrogens is 3. The third-order valence-electron chi connectivity index (χ3n) is 4.32. The largest absolute Gasteiger partial charge is 0.350 e. The number of carbonyl (C=O) groups is 1. The smallest absolute Gasteiger partial charge is 0.230 e. The van der Waals surface area contributed by atoms with Crippen molar-refractivity contribution in [2.75, 3.05) is 5.75 Å². The average Bonchev–Trinajstić information content (AvgIpc) is 3.09. The Morgan fingerprint density at radius 3 is 3.04 bits per heavy atom. The van der Waals surface area contributed by atoms with E-state index in [1.165, 1.54) is 16.6 Å². The summed E-state index contributed by atoms with van der Waals surface area (Å²) in [6, 6.07) is 5.59. The highest BCUT2D eigenvalue weighted by molar-refractivity contribution is 7.99. The normalized spacial score (nSPS) is 13.5. The van der Waals surface area contributed by atoms with Gasteiger partial charge in [0.15, 0.2) is 5.16 Å². The average molecular weight is 387 g/mol. The SMILES string of the molecule is O=C(CSc1nc2sc3c(c(=O)c2[nH]1)CCCC3)NCc1ccccn1. The maximum atomic E-state index is 12.6. The summed E-state index contributed by atoms with van der Waals surface area (Å²) in [5, 5.41) is 3.45. The van der Waals surface area contributed by atoms with Gasteiger partial charge >= 0.3 is 0 Å². The van der Waals surface area contributed by atoms with Crippen molar-refractivity contribution in [1.29, 1.82) is 0 Å². The number of pyridine rings is 1. The number of carbonyl (C=O) groups excluding carboxylic acids is 1. The van der Waals surface area contributed by atoms with E-state index in [2.05, 4.69) is 20.3 Å². The first-order valence-corrected chi connectivity index (χ1v) is 10.3. The summed E-state index contributed by atoms with van der Waals surface area (Å²) in [5.74, 6) is 0.150. The van der Waals surface area contributed by atoms with Gasteiger partial charge in [-0.2, -0.15) is 0 Å². The lowest BCUT2D eigenvalue weighted by Crippen LogP contribution is -2.25. The van der Waals surface area contributed by atoms with E-state index < -0.39 is 0 Å². The van der Waals surface area contributed by atoms with Gasteiger partial charge in [-0.25, -0.2) is 4.98 Å². The van der Waals surface area contributed by atoms with E-state index in [9.17, 15) is 9.59 Å². The minimum absolute atomic E-state index is 0.0763. The monoisotopic (exact) mass is 386 g/mol. The summed E-state index contributed by atoms with van der Waals surface area (Å²) < 4.78 is 0. The number of fused-ring (bicyclic) bond motifs is 2. The van der Waals surface area contributed by atoms with E-state index in [1.54, 1.807) is 17.5 Å². The molecule has 1 amide bonds. The summed E-state index contributed by atoms with van der Waals surface area (Å²) in [5.41, 5.74) is 2.42. The molecule has 0 unspecified atom stereocenters. The molecular weight excluding hydrogens is 368 g/mol. The van der Waals surface area contributed by atoms with Gasteiger partial charge in [-0.15, -0.1) is 11.3 Å². The topological polar surface area (TPSA) is 87.7 Å². The van der Waals surface area contributed by atoms with E-state index in [0.717, 1.165) is 41.8 Å². The number of imidazole rings is 1. The molecule has 0 atom stereocenters. The lowest BCUT2D eigenvalue weighted by atomic mass is 9.98. The molecule has 134 valence electrons. The Morgan fingerprint density at radius 1 is 1.31 bits per heavy atom. The molecule has 3 aromatic heterocycles. The molecular formula is C18H18N4O2S2. The second-order valence-electron chi connectivity index (χ2n) is 6.15. The third-order valence-corrected chi connectivity index (χ3v) is 6.38. The second kappa shape index (κ2) is 7.59. The minimum Gasteiger partial charge on any atom is -0.350 e. The summed E-state index contributed by atoms with van der Waals surface area (Å²) >= 11 is 2.91. The molecule has 3 heterocycles. The fraction of sp³-hybridized carbons (Fsp3) is 0.333. The van der Waals surface area contributed by atoms with Gasteiger partial charge in [0.25, 0.3) is 0 Å². The van der Waals surface area contributed by atoms with Crippen molar-refractivity contribution < 1.29 is 4.79 Å². The maximum Gasteiger partial charge on any atom is 0.230 e. The van der Waals surface area contributed by atoms with Gasteiger partial charge in [-0.05, 0) is 37.8 Å². The molecule has 0 saturated heterocycles. The Hall–Kier alpha value is -2.19. The molecule has 1 aliphatic carbocycles. The third kappa shape index (κ3) is 3.66. The van der Waals surface area contributed by atoms with Crippen molar-refractivity contribution >= 4 is 39.4 Å². The van der Waals surface area contributed by atoms with Crippen LogP contribution in [-0.2, 0) is 24.2 Å². The van der Waals surface area contributed by atoms with Gasteiger partial charge in [-0.3, -0.25) is 14.6 Å². The number of amides is 1. The van der Waals surface area contributed by atoms with E-state index in [0.29, 0.717) is 17.2 Å². The van der Waals surface area contributed by atoms with E-state index in [-0.39, 0.29) is 17.1 Å². The van der Waals surface area contributed by atoms with Gasteiger partial charge in [0, 0.05) is 16.6 Å². The zero-order chi connectivity index (χ0) is 17.9. The van der Waals surface area contributed by atoms with Crippen LogP contribution in [-0.4, -0.2) is 26.6 Å². The fourth-order valence-corrected chi connectivity index (χ4v) is 4.95. The van der Waals surface area contributed by atoms with Crippen LogP contribution < -0.4 is 10.7 Å². The molecule has 0 spiro atoms. The van der Waals surface area contributed by atoms with Crippen molar-refractivity contribution in [3.63, 3.8) is 0 Å². The van der Waals surface area contributed by atoms with Crippen LogP contribution in [0.25, 0.3) is 10.3 Å². The number of H-pyrrole nitrogens is 1. The summed E-state index contributed by atoms with van der Waals surface area (Å²) in [7, 11) is 0. The van der Waals surface area contributed by atoms with Crippen LogP contribution in [0.4, 0.5) is 0 Å². The molecule has 0 bridgehead atoms. The molecule has 2 N–H and O–H groups in total. The Morgan fingerprint density at radius 2 is 2.19 bits per heavy atom. The quantitative estimate of drug-likeness (QED) is 0.658. The highest BCUT2D eigenvalue weighted by Crippen LogP contribution is 2.28. The molecule has 0 aromatic carbocycles. The first-order chi connectivity index (χ1) is 12.7. The minimum atomic E-state index is -0.0913. The molecule has 0 aliphatic heterocycles. The van der Waals surface area contributed by atoms with Crippen LogP contribution in [0.15, 0.2) is 34.3 Å². The fourth-order valence-electron chi connectivity index (χ4n) is 3.01. The van der Waals surface area contributed by atoms with Gasteiger partial charge in [-0.1, -0.05) is 17.8 Å². The van der Waals surface area contributed by atoms with Gasteiger partial charge < -0.3 is 10.3 Å². The number of thioether (sulfide) groups is 1. The molecule has 6 nitrogen and oxygen atoms in total. The molecule has 0 fully saturated rings. The standard InChI is InChI=1S/C18H18N4O2S2/c23-14(20-9-11-5-3-4-8-19-11)10-25-18-21-15-16(24)12-6-1-2-7-13(12)26-17(15)22-18/h3-5,8H,1-2,6-7,9-10H2,(H,20,23)(H,21,22). The number of aromatic amines is 1. The first kappa shape index (κ1) is 17.2. The predicted octanol–water partition coefficient (Wildman–Crippen LogP) is 2.67. The molecule has 3 aromatic rings.